The van der Waals surface area contributed by atoms with E-state index in [2.05, 4.69) is 20.7 Å². The molecule has 0 saturated heterocycles. The maximum absolute atomic E-state index is 12.0. The molecule has 2 rings (SSSR count). The molecule has 1 amide bonds. The largest absolute Gasteiger partial charge is 0.496 e. The topological polar surface area (TPSA) is 79.4 Å². The molecule has 0 aliphatic rings. The second-order valence-electron chi connectivity index (χ2n) is 5.86. The van der Waals surface area contributed by atoms with Crippen LogP contribution in [0, 0.1) is 0 Å². The van der Waals surface area contributed by atoms with Crippen molar-refractivity contribution in [3.05, 3.63) is 47.3 Å². The molecule has 1 aromatic heterocycles. The maximum Gasteiger partial charge on any atom is 0.291 e. The van der Waals surface area contributed by atoms with Crippen LogP contribution in [0.4, 0.5) is 0 Å². The van der Waals surface area contributed by atoms with Gasteiger partial charge in [0.25, 0.3) is 5.91 Å². The van der Waals surface area contributed by atoms with Gasteiger partial charge in [-0.3, -0.25) is 9.89 Å². The van der Waals surface area contributed by atoms with Gasteiger partial charge >= 0.3 is 0 Å². The highest BCUT2D eigenvalue weighted by Gasteiger charge is 2.19. The highest BCUT2D eigenvalue weighted by atomic mass is 16.5. The quantitative estimate of drug-likeness (QED) is 0.672. The van der Waals surface area contributed by atoms with Crippen LogP contribution in [0.5, 0.6) is 5.75 Å². The number of aromatic amines is 1. The SMILES string of the molecule is COc1ccccc1/C=N\NC(=O)c1cc(C(C)(C)C)[nH]n1. The first-order chi connectivity index (χ1) is 10.4. The van der Waals surface area contributed by atoms with Crippen LogP contribution in [0.2, 0.25) is 0 Å². The molecular formula is C16H20N4O2. The van der Waals surface area contributed by atoms with Crippen molar-refractivity contribution in [2.45, 2.75) is 26.2 Å². The van der Waals surface area contributed by atoms with Crippen LogP contribution in [-0.4, -0.2) is 29.4 Å². The lowest BCUT2D eigenvalue weighted by Gasteiger charge is -2.14. The van der Waals surface area contributed by atoms with E-state index in [4.69, 9.17) is 4.74 Å². The van der Waals surface area contributed by atoms with E-state index in [9.17, 15) is 4.79 Å². The molecule has 0 unspecified atom stereocenters. The lowest BCUT2D eigenvalue weighted by Crippen LogP contribution is -2.18. The van der Waals surface area contributed by atoms with E-state index >= 15 is 0 Å². The van der Waals surface area contributed by atoms with Gasteiger partial charge in [-0.05, 0) is 18.2 Å². The van der Waals surface area contributed by atoms with Crippen molar-refractivity contribution in [1.82, 2.24) is 15.6 Å². The molecule has 6 nitrogen and oxygen atoms in total. The standard InChI is InChI=1S/C16H20N4O2/c1-16(2,3)14-9-12(18-19-14)15(21)20-17-10-11-7-5-6-8-13(11)22-4/h5-10H,1-4H3,(H,18,19)(H,20,21)/b17-10-. The fraction of sp³-hybridized carbons (Fsp3) is 0.312. The zero-order valence-corrected chi connectivity index (χ0v) is 13.2. The van der Waals surface area contributed by atoms with Gasteiger partial charge in [0.1, 0.15) is 5.75 Å². The average Bonchev–Trinajstić information content (AvgIpc) is 2.97. The van der Waals surface area contributed by atoms with E-state index in [0.717, 1.165) is 11.3 Å². The Kier molecular flexibility index (Phi) is 4.60. The number of nitrogens with one attached hydrogen (secondary N) is 2. The number of carbonyl (C=O) groups excluding carboxylic acids is 1. The summed E-state index contributed by atoms with van der Waals surface area (Å²) < 4.78 is 5.21. The molecule has 2 aromatic rings. The summed E-state index contributed by atoms with van der Waals surface area (Å²) in [5.41, 5.74) is 4.35. The van der Waals surface area contributed by atoms with Crippen molar-refractivity contribution in [2.75, 3.05) is 7.11 Å². The van der Waals surface area contributed by atoms with Crippen molar-refractivity contribution < 1.29 is 9.53 Å². The summed E-state index contributed by atoms with van der Waals surface area (Å²) in [6, 6.07) is 9.14. The van der Waals surface area contributed by atoms with Gasteiger partial charge in [-0.15, -0.1) is 0 Å². The Bertz CT molecular complexity index is 683. The van der Waals surface area contributed by atoms with Gasteiger partial charge in [0.2, 0.25) is 0 Å². The number of methoxy groups -OCH3 is 1. The Balaban J connectivity index is 2.04. The minimum atomic E-state index is -0.363. The van der Waals surface area contributed by atoms with Crippen molar-refractivity contribution in [3.63, 3.8) is 0 Å². The third-order valence-electron chi connectivity index (χ3n) is 3.13. The van der Waals surface area contributed by atoms with Crippen LogP contribution >= 0.6 is 0 Å². The number of hydrogen-bond donors (Lipinski definition) is 2. The predicted molar refractivity (Wildman–Crippen MR) is 85.3 cm³/mol. The Labute approximate surface area is 129 Å². The average molecular weight is 300 g/mol. The van der Waals surface area contributed by atoms with Gasteiger partial charge in [0.15, 0.2) is 5.69 Å². The molecular weight excluding hydrogens is 280 g/mol. The molecule has 6 heteroatoms. The molecule has 2 N–H and O–H groups in total. The van der Waals surface area contributed by atoms with Gasteiger partial charge in [-0.25, -0.2) is 5.43 Å². The van der Waals surface area contributed by atoms with Crippen LogP contribution in [0.15, 0.2) is 35.4 Å². The van der Waals surface area contributed by atoms with E-state index in [1.807, 2.05) is 45.0 Å². The minimum Gasteiger partial charge on any atom is -0.496 e. The minimum absolute atomic E-state index is 0.0911. The van der Waals surface area contributed by atoms with Crippen molar-refractivity contribution in [2.24, 2.45) is 5.10 Å². The molecule has 0 saturated carbocycles. The van der Waals surface area contributed by atoms with Crippen LogP contribution in [-0.2, 0) is 5.41 Å². The van der Waals surface area contributed by atoms with Crippen molar-refractivity contribution >= 4 is 12.1 Å². The number of carbonyl (C=O) groups is 1. The summed E-state index contributed by atoms with van der Waals surface area (Å²) >= 11 is 0. The van der Waals surface area contributed by atoms with Crippen LogP contribution in [0.25, 0.3) is 0 Å². The van der Waals surface area contributed by atoms with Gasteiger partial charge < -0.3 is 4.74 Å². The molecule has 0 fully saturated rings. The molecule has 0 bridgehead atoms. The zero-order chi connectivity index (χ0) is 16.2. The number of aromatic nitrogens is 2. The second kappa shape index (κ2) is 6.43. The number of H-pyrrole nitrogens is 1. The molecule has 0 atom stereocenters. The third-order valence-corrected chi connectivity index (χ3v) is 3.13. The number of hydrazone groups is 1. The van der Waals surface area contributed by atoms with Gasteiger partial charge in [-0.1, -0.05) is 32.9 Å². The lowest BCUT2D eigenvalue weighted by atomic mass is 9.92. The van der Waals surface area contributed by atoms with E-state index < -0.39 is 0 Å². The summed E-state index contributed by atoms with van der Waals surface area (Å²) in [4.78, 5) is 12.0. The first-order valence-corrected chi connectivity index (χ1v) is 6.94. The van der Waals surface area contributed by atoms with Gasteiger partial charge in [-0.2, -0.15) is 10.2 Å². The zero-order valence-electron chi connectivity index (χ0n) is 13.2. The van der Waals surface area contributed by atoms with Crippen LogP contribution < -0.4 is 10.2 Å². The van der Waals surface area contributed by atoms with Crippen molar-refractivity contribution in [1.29, 1.82) is 0 Å². The highest BCUT2D eigenvalue weighted by Crippen LogP contribution is 2.20. The highest BCUT2D eigenvalue weighted by molar-refractivity contribution is 5.93. The van der Waals surface area contributed by atoms with Crippen LogP contribution in [0.1, 0.15) is 42.5 Å². The molecule has 22 heavy (non-hydrogen) atoms. The second-order valence-corrected chi connectivity index (χ2v) is 5.86. The number of benzene rings is 1. The number of amides is 1. The summed E-state index contributed by atoms with van der Waals surface area (Å²) in [6.45, 7) is 6.13. The molecule has 0 radical (unpaired) electrons. The number of ether oxygens (including phenoxy) is 1. The smallest absolute Gasteiger partial charge is 0.291 e. The van der Waals surface area contributed by atoms with Gasteiger partial charge in [0.05, 0.1) is 13.3 Å². The Morgan fingerprint density at radius 3 is 2.73 bits per heavy atom. The van der Waals surface area contributed by atoms with Gasteiger partial charge in [0, 0.05) is 16.7 Å². The summed E-state index contributed by atoms with van der Waals surface area (Å²) in [5, 5.41) is 10.8. The monoisotopic (exact) mass is 300 g/mol. The molecule has 1 heterocycles. The van der Waals surface area contributed by atoms with Crippen LogP contribution in [0.3, 0.4) is 0 Å². The number of hydrogen-bond acceptors (Lipinski definition) is 4. The van der Waals surface area contributed by atoms with Crippen molar-refractivity contribution in [3.8, 4) is 5.75 Å². The molecule has 116 valence electrons. The molecule has 1 aromatic carbocycles. The first-order valence-electron chi connectivity index (χ1n) is 6.94. The van der Waals surface area contributed by atoms with E-state index in [1.54, 1.807) is 13.2 Å². The Morgan fingerprint density at radius 2 is 2.09 bits per heavy atom. The van der Waals surface area contributed by atoms with E-state index in [-0.39, 0.29) is 11.3 Å². The molecule has 0 aliphatic heterocycles. The molecule has 0 spiro atoms. The summed E-state index contributed by atoms with van der Waals surface area (Å²) in [5.74, 6) is 0.327. The molecule has 0 aliphatic carbocycles. The number of nitrogens with zero attached hydrogens (tertiary/aromatic N) is 2. The third kappa shape index (κ3) is 3.72. The Morgan fingerprint density at radius 1 is 1.36 bits per heavy atom. The summed E-state index contributed by atoms with van der Waals surface area (Å²) in [7, 11) is 1.59. The Hall–Kier alpha value is -2.63. The maximum atomic E-state index is 12.0. The fourth-order valence-electron chi connectivity index (χ4n) is 1.81. The van der Waals surface area contributed by atoms with E-state index in [1.165, 1.54) is 6.21 Å². The van der Waals surface area contributed by atoms with E-state index in [0.29, 0.717) is 11.4 Å². The lowest BCUT2D eigenvalue weighted by molar-refractivity contribution is 0.0950. The predicted octanol–water partition coefficient (Wildman–Crippen LogP) is 2.48. The first kappa shape index (κ1) is 15.8. The number of rotatable bonds is 4. The fourth-order valence-corrected chi connectivity index (χ4v) is 1.81. The normalized spacial score (nSPS) is 11.6. The summed E-state index contributed by atoms with van der Waals surface area (Å²) in [6.07, 6.45) is 1.54. The number of para-hydroxylation sites is 1.